The molecule has 2 saturated heterocycles. The molecule has 2 aliphatic heterocycles. The van der Waals surface area contributed by atoms with Crippen LogP contribution >= 0.6 is 0 Å². The number of hydrogen-bond acceptors (Lipinski definition) is 18. The van der Waals surface area contributed by atoms with Gasteiger partial charge >= 0.3 is 11.9 Å². The maximum absolute atomic E-state index is 13.9. The number of ether oxygens (including phenoxy) is 6. The molecule has 0 saturated carbocycles. The van der Waals surface area contributed by atoms with Crippen LogP contribution in [-0.2, 0) is 28.5 Å². The lowest BCUT2D eigenvalue weighted by Gasteiger charge is -2.40. The summed E-state index contributed by atoms with van der Waals surface area (Å²) in [6, 6.07) is 7.10. The fraction of sp³-hybridized carbons (Fsp3) is 0.414. The molecule has 2 unspecified atom stereocenters. The van der Waals surface area contributed by atoms with Crippen LogP contribution in [-0.4, -0.2) is 115 Å². The first-order valence-electron chi connectivity index (χ1n) is 13.9. The molecule has 254 valence electrons. The summed E-state index contributed by atoms with van der Waals surface area (Å²) in [4.78, 5) is 37.3. The molecule has 3 aromatic rings. The normalized spacial score (nSPS) is 30.8. The second-order valence-corrected chi connectivity index (χ2v) is 10.6. The summed E-state index contributed by atoms with van der Waals surface area (Å²) in [5, 5.41) is 81.4. The predicted molar refractivity (Wildman–Crippen MR) is 149 cm³/mol. The Labute approximate surface area is 263 Å². The van der Waals surface area contributed by atoms with Gasteiger partial charge in [0.25, 0.3) is 0 Å². The van der Waals surface area contributed by atoms with Crippen LogP contribution in [0.15, 0.2) is 45.6 Å². The molecule has 2 fully saturated rings. The van der Waals surface area contributed by atoms with Crippen LogP contribution in [0.2, 0.25) is 0 Å². The Kier molecular flexibility index (Phi) is 9.57. The number of rotatable bonds is 7. The van der Waals surface area contributed by atoms with Crippen molar-refractivity contribution >= 4 is 22.9 Å². The van der Waals surface area contributed by atoms with E-state index in [1.807, 2.05) is 0 Å². The second kappa shape index (κ2) is 13.3. The van der Waals surface area contributed by atoms with Gasteiger partial charge in [0.1, 0.15) is 46.5 Å². The van der Waals surface area contributed by atoms with Crippen molar-refractivity contribution < 1.29 is 83.3 Å². The number of phenolic OH excluding ortho intramolecular Hbond substituents is 2. The van der Waals surface area contributed by atoms with Crippen LogP contribution in [0.5, 0.6) is 23.0 Å². The van der Waals surface area contributed by atoms with Gasteiger partial charge in [-0.05, 0) is 24.3 Å². The van der Waals surface area contributed by atoms with Gasteiger partial charge in [-0.1, -0.05) is 0 Å². The number of benzene rings is 2. The molecule has 0 bridgehead atoms. The second-order valence-electron chi connectivity index (χ2n) is 10.6. The van der Waals surface area contributed by atoms with Gasteiger partial charge in [0, 0.05) is 31.5 Å². The average Bonchev–Trinajstić information content (AvgIpc) is 3.00. The Morgan fingerprint density at radius 2 is 1.34 bits per heavy atom. The average molecular weight is 667 g/mol. The zero-order chi connectivity index (χ0) is 34.3. The van der Waals surface area contributed by atoms with E-state index < -0.39 is 96.0 Å². The van der Waals surface area contributed by atoms with Crippen molar-refractivity contribution in [3.63, 3.8) is 0 Å². The molecule has 0 spiro atoms. The third-order valence-corrected chi connectivity index (χ3v) is 7.15. The quantitative estimate of drug-likeness (QED) is 0.130. The molecule has 0 radical (unpaired) electrons. The zero-order valence-electron chi connectivity index (χ0n) is 24.4. The number of phenols is 2. The molecular formula is C29H30O18. The molecule has 18 heteroatoms. The van der Waals surface area contributed by atoms with Gasteiger partial charge in [0.2, 0.25) is 30.0 Å². The van der Waals surface area contributed by atoms with E-state index >= 15 is 0 Å². The smallest absolute Gasteiger partial charge is 0.305 e. The molecule has 3 heterocycles. The van der Waals surface area contributed by atoms with Crippen molar-refractivity contribution in [2.24, 2.45) is 0 Å². The number of hydrogen-bond donors (Lipinski definition) is 8. The van der Waals surface area contributed by atoms with Gasteiger partial charge in [-0.25, -0.2) is 0 Å². The Bertz CT molecular complexity index is 1690. The van der Waals surface area contributed by atoms with E-state index in [2.05, 4.69) is 0 Å². The van der Waals surface area contributed by atoms with E-state index in [1.54, 1.807) is 0 Å². The van der Waals surface area contributed by atoms with Gasteiger partial charge in [-0.3, -0.25) is 19.1 Å². The highest BCUT2D eigenvalue weighted by molar-refractivity contribution is 5.88. The van der Waals surface area contributed by atoms with Gasteiger partial charge in [0.15, 0.2) is 30.4 Å². The van der Waals surface area contributed by atoms with Crippen LogP contribution in [0.25, 0.3) is 22.3 Å². The first-order valence-corrected chi connectivity index (χ1v) is 13.9. The molecule has 2 aromatic carbocycles. The van der Waals surface area contributed by atoms with E-state index in [4.69, 9.17) is 32.8 Å². The summed E-state index contributed by atoms with van der Waals surface area (Å²) in [6.07, 6.45) is -18.6. The third-order valence-electron chi connectivity index (χ3n) is 7.15. The highest BCUT2D eigenvalue weighted by atomic mass is 16.8. The third kappa shape index (κ3) is 6.80. The van der Waals surface area contributed by atoms with E-state index in [0.29, 0.717) is 0 Å². The molecule has 0 aliphatic carbocycles. The largest absolute Gasteiger partial charge is 0.508 e. The van der Waals surface area contributed by atoms with Crippen LogP contribution in [0.3, 0.4) is 0 Å². The summed E-state index contributed by atoms with van der Waals surface area (Å²) in [7, 11) is 0. The molecule has 18 nitrogen and oxygen atoms in total. The number of aliphatic hydroxyl groups excluding tert-OH is 6. The minimum Gasteiger partial charge on any atom is -0.508 e. The minimum atomic E-state index is -1.97. The van der Waals surface area contributed by atoms with E-state index in [1.165, 1.54) is 24.3 Å². The number of esters is 2. The fourth-order valence-electron chi connectivity index (χ4n) is 4.91. The van der Waals surface area contributed by atoms with Crippen LogP contribution in [0.4, 0.5) is 0 Å². The first-order chi connectivity index (χ1) is 22.2. The lowest BCUT2D eigenvalue weighted by Crippen LogP contribution is -2.61. The Morgan fingerprint density at radius 1 is 0.723 bits per heavy atom. The zero-order valence-corrected chi connectivity index (χ0v) is 24.4. The molecule has 10 atom stereocenters. The Morgan fingerprint density at radius 3 is 1.98 bits per heavy atom. The molecule has 8 N–H and O–H groups in total. The van der Waals surface area contributed by atoms with Crippen molar-refractivity contribution in [3.05, 3.63) is 46.6 Å². The van der Waals surface area contributed by atoms with Crippen molar-refractivity contribution in [1.29, 1.82) is 0 Å². The summed E-state index contributed by atoms with van der Waals surface area (Å²) >= 11 is 0. The summed E-state index contributed by atoms with van der Waals surface area (Å²) < 4.78 is 37.5. The van der Waals surface area contributed by atoms with Crippen LogP contribution < -0.4 is 14.9 Å². The Hall–Kier alpha value is -4.53. The maximum Gasteiger partial charge on any atom is 0.305 e. The highest BCUT2D eigenvalue weighted by Crippen LogP contribution is 2.38. The minimum absolute atomic E-state index is 0.104. The molecule has 1 aromatic heterocycles. The number of fused-ring (bicyclic) bond motifs is 1. The van der Waals surface area contributed by atoms with Gasteiger partial charge in [-0.15, -0.1) is 0 Å². The first kappa shape index (κ1) is 33.8. The standard InChI is InChI=1S/C29H30O18/c1-9(30)41-24-21(38)28(42-10(2)31)47-29(22(24)39)45-25-17(34)16-14(33)7-13(43-27-20(37)18(35)19(36)26(40)46-27)8-15(16)44-23(25)11-3-5-12(32)6-4-11/h3-8,18-22,24,26-29,32-33,35-40H,1-2H3/t18-,19+,20+,21+,22+,24-,26+,27?,28+,29?/m0/s1. The summed E-state index contributed by atoms with van der Waals surface area (Å²) in [5.41, 5.74) is -1.30. The molecular weight excluding hydrogens is 636 g/mol. The van der Waals surface area contributed by atoms with E-state index in [9.17, 15) is 55.2 Å². The van der Waals surface area contributed by atoms with E-state index in [-0.39, 0.29) is 28.4 Å². The fourth-order valence-corrected chi connectivity index (χ4v) is 4.91. The van der Waals surface area contributed by atoms with E-state index in [0.717, 1.165) is 26.0 Å². The van der Waals surface area contributed by atoms with Crippen LogP contribution in [0.1, 0.15) is 13.8 Å². The van der Waals surface area contributed by atoms with Crippen molar-refractivity contribution in [3.8, 4) is 34.3 Å². The maximum atomic E-state index is 13.9. The van der Waals surface area contributed by atoms with Crippen molar-refractivity contribution in [2.75, 3.05) is 0 Å². The molecule has 47 heavy (non-hydrogen) atoms. The number of aromatic hydroxyl groups is 2. The van der Waals surface area contributed by atoms with Gasteiger partial charge < -0.3 is 69.0 Å². The highest BCUT2D eigenvalue weighted by Gasteiger charge is 2.50. The van der Waals surface area contributed by atoms with Crippen LogP contribution in [0, 0.1) is 0 Å². The van der Waals surface area contributed by atoms with Gasteiger partial charge in [-0.2, -0.15) is 0 Å². The van der Waals surface area contributed by atoms with Gasteiger partial charge in [0.05, 0.1) is 0 Å². The molecule has 0 amide bonds. The summed E-state index contributed by atoms with van der Waals surface area (Å²) in [6.45, 7) is 1.98. The SMILES string of the molecule is CC(=O)O[C@@H]1OC(Oc2c(-c3ccc(O)cc3)oc3cc(OC4O[C@@H](O)[C@H](O)[C@H](O)[C@H]4O)cc(O)c3c2=O)[C@H](O)[C@@H](OC(C)=O)[C@H]1O. The van der Waals surface area contributed by atoms with Crippen molar-refractivity contribution in [1.82, 2.24) is 0 Å². The number of carbonyl (C=O) groups is 2. The lowest BCUT2D eigenvalue weighted by atomic mass is 10.0. The lowest BCUT2D eigenvalue weighted by molar-refractivity contribution is -0.325. The number of carbonyl (C=O) groups excluding carboxylic acids is 2. The summed E-state index contributed by atoms with van der Waals surface area (Å²) in [5.74, 6) is -4.14. The molecule has 2 aliphatic rings. The topological polar surface area (TPSA) is 282 Å². The predicted octanol–water partition coefficient (Wildman–Crippen LogP) is -1.71. The monoisotopic (exact) mass is 666 g/mol. The Balaban J connectivity index is 1.59. The number of aliphatic hydroxyl groups is 6. The van der Waals surface area contributed by atoms with Crippen molar-refractivity contribution in [2.45, 2.75) is 75.6 Å². The molecule has 5 rings (SSSR count).